The minimum absolute atomic E-state index is 0.160. The highest BCUT2D eigenvalue weighted by atomic mass is 32.2. The first-order valence-electron chi connectivity index (χ1n) is 9.72. The third kappa shape index (κ3) is 2.44. The van der Waals surface area contributed by atoms with E-state index in [4.69, 9.17) is 0 Å². The summed E-state index contributed by atoms with van der Waals surface area (Å²) in [5.41, 5.74) is -0.255. The van der Waals surface area contributed by atoms with Gasteiger partial charge in [0, 0.05) is 19.6 Å². The molecule has 1 spiro atoms. The van der Waals surface area contributed by atoms with E-state index in [0.717, 1.165) is 64.5 Å². The topological polar surface area (TPSA) is 66.5 Å². The van der Waals surface area contributed by atoms with Crippen molar-refractivity contribution >= 4 is 15.7 Å². The smallest absolute Gasteiger partial charge is 0.230 e. The number of sulfone groups is 1. The van der Waals surface area contributed by atoms with Crippen LogP contribution < -0.4 is 5.32 Å². The Morgan fingerprint density at radius 3 is 2.58 bits per heavy atom. The van der Waals surface area contributed by atoms with Gasteiger partial charge >= 0.3 is 0 Å². The minimum Gasteiger partial charge on any atom is -0.340 e. The molecule has 0 bridgehead atoms. The Kier molecular flexibility index (Phi) is 4.19. The fourth-order valence-corrected chi connectivity index (χ4v) is 7.95. The van der Waals surface area contributed by atoms with E-state index in [0.29, 0.717) is 19.0 Å². The lowest BCUT2D eigenvalue weighted by molar-refractivity contribution is -0.146. The van der Waals surface area contributed by atoms with Crippen molar-refractivity contribution in [1.82, 2.24) is 10.2 Å². The van der Waals surface area contributed by atoms with Crippen molar-refractivity contribution in [3.05, 3.63) is 0 Å². The molecule has 2 aliphatic heterocycles. The van der Waals surface area contributed by atoms with Gasteiger partial charge in [0.15, 0.2) is 9.84 Å². The molecular weight excluding hydrogens is 324 g/mol. The van der Waals surface area contributed by atoms with Gasteiger partial charge in [-0.2, -0.15) is 0 Å². The van der Waals surface area contributed by atoms with E-state index >= 15 is 0 Å². The predicted molar refractivity (Wildman–Crippen MR) is 93.4 cm³/mol. The van der Waals surface area contributed by atoms with Crippen molar-refractivity contribution in [2.24, 2.45) is 11.3 Å². The zero-order chi connectivity index (χ0) is 16.8. The second kappa shape index (κ2) is 5.97. The third-order valence-electron chi connectivity index (χ3n) is 7.28. The van der Waals surface area contributed by atoms with Gasteiger partial charge in [-0.1, -0.05) is 32.1 Å². The molecule has 4 aliphatic rings. The number of nitrogens with zero attached hydrogens (tertiary/aromatic N) is 1. The van der Waals surface area contributed by atoms with Gasteiger partial charge < -0.3 is 10.2 Å². The molecule has 0 aromatic rings. The number of nitrogens with one attached hydrogen (secondary N) is 1. The summed E-state index contributed by atoms with van der Waals surface area (Å²) in [6.45, 7) is 2.58. The first kappa shape index (κ1) is 16.8. The summed E-state index contributed by atoms with van der Waals surface area (Å²) >= 11 is 0. The van der Waals surface area contributed by atoms with E-state index in [2.05, 4.69) is 5.32 Å². The molecule has 2 aliphatic carbocycles. The Balaban J connectivity index is 1.59. The summed E-state index contributed by atoms with van der Waals surface area (Å²) in [5.74, 6) is 0.851. The highest BCUT2D eigenvalue weighted by Crippen LogP contribution is 2.46. The fraction of sp³-hybridized carbons (Fsp3) is 0.944. The number of fused-ring (bicyclic) bond motifs is 1. The van der Waals surface area contributed by atoms with Crippen molar-refractivity contribution < 1.29 is 13.2 Å². The second-order valence-electron chi connectivity index (χ2n) is 8.52. The van der Waals surface area contributed by atoms with E-state index in [-0.39, 0.29) is 17.1 Å². The van der Waals surface area contributed by atoms with Crippen LogP contribution in [-0.2, 0) is 14.6 Å². The van der Waals surface area contributed by atoms with E-state index < -0.39 is 14.6 Å². The maximum absolute atomic E-state index is 13.5. The summed E-state index contributed by atoms with van der Waals surface area (Å²) < 4.78 is 24.9. The third-order valence-corrected chi connectivity index (χ3v) is 9.86. The highest BCUT2D eigenvalue weighted by Gasteiger charge is 2.55. The van der Waals surface area contributed by atoms with Gasteiger partial charge in [-0.15, -0.1) is 0 Å². The van der Waals surface area contributed by atoms with E-state index in [9.17, 15) is 13.2 Å². The second-order valence-corrected chi connectivity index (χ2v) is 11.0. The Labute approximate surface area is 145 Å². The van der Waals surface area contributed by atoms with Crippen molar-refractivity contribution in [3.8, 4) is 0 Å². The zero-order valence-corrected chi connectivity index (χ0v) is 15.4. The van der Waals surface area contributed by atoms with Crippen LogP contribution in [0.5, 0.6) is 0 Å². The van der Waals surface area contributed by atoms with Crippen LogP contribution >= 0.6 is 0 Å². The normalized spacial score (nSPS) is 38.0. The molecule has 2 heterocycles. The molecule has 0 unspecified atom stereocenters. The fourth-order valence-electron chi connectivity index (χ4n) is 5.79. The van der Waals surface area contributed by atoms with Gasteiger partial charge in [0.2, 0.25) is 5.91 Å². The van der Waals surface area contributed by atoms with Crippen LogP contribution in [0.2, 0.25) is 0 Å². The monoisotopic (exact) mass is 354 g/mol. The molecule has 24 heavy (non-hydrogen) atoms. The number of carbonyl (C=O) groups excluding carboxylic acids is 1. The zero-order valence-electron chi connectivity index (χ0n) is 14.6. The van der Waals surface area contributed by atoms with Crippen molar-refractivity contribution in [2.45, 2.75) is 62.5 Å². The van der Waals surface area contributed by atoms with Gasteiger partial charge in [0.05, 0.1) is 15.9 Å². The molecule has 1 amide bonds. The van der Waals surface area contributed by atoms with E-state index in [1.807, 2.05) is 4.90 Å². The Bertz CT molecular complexity index is 612. The average molecular weight is 355 g/mol. The van der Waals surface area contributed by atoms with Crippen LogP contribution in [0.3, 0.4) is 0 Å². The largest absolute Gasteiger partial charge is 0.340 e. The molecule has 6 heteroatoms. The predicted octanol–water partition coefficient (Wildman–Crippen LogP) is 1.73. The molecule has 0 radical (unpaired) electrons. The molecule has 2 saturated carbocycles. The lowest BCUT2D eigenvalue weighted by Gasteiger charge is -2.48. The summed E-state index contributed by atoms with van der Waals surface area (Å²) in [7, 11) is -3.08. The summed E-state index contributed by atoms with van der Waals surface area (Å²) in [5, 5.41) is 3.45. The average Bonchev–Trinajstić information content (AvgIpc) is 3.03. The van der Waals surface area contributed by atoms with Gasteiger partial charge in [-0.3, -0.25) is 4.79 Å². The lowest BCUT2D eigenvalue weighted by atomic mass is 9.67. The molecule has 4 fully saturated rings. The number of rotatable bonds is 1. The molecule has 0 aromatic heterocycles. The van der Waals surface area contributed by atoms with Gasteiger partial charge in [0.25, 0.3) is 0 Å². The van der Waals surface area contributed by atoms with Crippen LogP contribution in [-0.4, -0.2) is 55.9 Å². The first-order chi connectivity index (χ1) is 11.5. The van der Waals surface area contributed by atoms with Gasteiger partial charge in [-0.25, -0.2) is 8.42 Å². The summed E-state index contributed by atoms with van der Waals surface area (Å²) in [4.78, 5) is 15.4. The van der Waals surface area contributed by atoms with Gasteiger partial charge in [-0.05, 0) is 38.1 Å². The lowest BCUT2D eigenvalue weighted by Crippen LogP contribution is -2.61. The number of hydrogen-bond donors (Lipinski definition) is 1. The maximum atomic E-state index is 13.5. The van der Waals surface area contributed by atoms with Crippen molar-refractivity contribution in [2.75, 3.05) is 31.9 Å². The Morgan fingerprint density at radius 1 is 1.04 bits per heavy atom. The van der Waals surface area contributed by atoms with Crippen molar-refractivity contribution in [3.63, 3.8) is 0 Å². The molecule has 5 nitrogen and oxygen atoms in total. The van der Waals surface area contributed by atoms with Crippen LogP contribution in [0, 0.1) is 11.3 Å². The molecule has 1 N–H and O–H groups in total. The molecular formula is C18H30N2O3S. The van der Waals surface area contributed by atoms with E-state index in [1.165, 1.54) is 6.42 Å². The van der Waals surface area contributed by atoms with E-state index in [1.54, 1.807) is 0 Å². The summed E-state index contributed by atoms with van der Waals surface area (Å²) in [6.07, 6.45) is 9.03. The number of hydrogen-bond acceptors (Lipinski definition) is 4. The van der Waals surface area contributed by atoms with Crippen LogP contribution in [0.1, 0.15) is 57.8 Å². The maximum Gasteiger partial charge on any atom is 0.230 e. The SMILES string of the molecule is O=C(N1CCS(=O)(=O)C2(CCCCC2)C1)[C@@]12CCCC[C@H]1CNC2. The summed E-state index contributed by atoms with van der Waals surface area (Å²) in [6, 6.07) is 0. The van der Waals surface area contributed by atoms with Crippen molar-refractivity contribution in [1.29, 1.82) is 0 Å². The van der Waals surface area contributed by atoms with Crippen LogP contribution in [0.15, 0.2) is 0 Å². The molecule has 4 rings (SSSR count). The Hall–Kier alpha value is -0.620. The quantitative estimate of drug-likeness (QED) is 0.779. The van der Waals surface area contributed by atoms with Gasteiger partial charge in [0.1, 0.15) is 0 Å². The highest BCUT2D eigenvalue weighted by molar-refractivity contribution is 7.92. The van der Waals surface area contributed by atoms with Crippen LogP contribution in [0.4, 0.5) is 0 Å². The first-order valence-corrected chi connectivity index (χ1v) is 11.4. The van der Waals surface area contributed by atoms with Crippen LogP contribution in [0.25, 0.3) is 0 Å². The molecule has 2 saturated heterocycles. The molecule has 2 atom stereocenters. The number of amides is 1. The number of carbonyl (C=O) groups is 1. The minimum atomic E-state index is -3.08. The Morgan fingerprint density at radius 2 is 1.79 bits per heavy atom. The molecule has 136 valence electrons. The molecule has 0 aromatic carbocycles. The standard InChI is InChI=1S/C18H30N2O3S/c21-16(18-9-5-2-6-15(18)12-19-13-18)20-10-11-24(22,23)17(14-20)7-3-1-4-8-17/h15,19H,1-14H2/t15-,18+/m0/s1.